The van der Waals surface area contributed by atoms with Crippen LogP contribution in [0.4, 0.5) is 0 Å². The van der Waals surface area contributed by atoms with E-state index in [4.69, 9.17) is 11.6 Å². The van der Waals surface area contributed by atoms with Gasteiger partial charge < -0.3 is 0 Å². The van der Waals surface area contributed by atoms with Crippen LogP contribution in [-0.2, 0) is 0 Å². The monoisotopic (exact) mass is 268 g/mol. The van der Waals surface area contributed by atoms with E-state index in [-0.39, 0.29) is 0 Å². The van der Waals surface area contributed by atoms with Crippen molar-refractivity contribution in [2.75, 3.05) is 0 Å². The second kappa shape index (κ2) is 4.07. The van der Waals surface area contributed by atoms with Crippen molar-refractivity contribution in [1.29, 1.82) is 0 Å². The van der Waals surface area contributed by atoms with Crippen LogP contribution in [0.3, 0.4) is 0 Å². The lowest BCUT2D eigenvalue weighted by atomic mass is 10.1. The molecule has 0 N–H and O–H groups in total. The van der Waals surface area contributed by atoms with Gasteiger partial charge in [-0.3, -0.25) is 4.98 Å². The van der Waals surface area contributed by atoms with Crippen molar-refractivity contribution >= 4 is 27.5 Å². The van der Waals surface area contributed by atoms with E-state index in [1.165, 1.54) is 0 Å². The topological polar surface area (TPSA) is 25.8 Å². The van der Waals surface area contributed by atoms with Crippen molar-refractivity contribution in [3.05, 3.63) is 46.4 Å². The summed E-state index contributed by atoms with van der Waals surface area (Å²) in [5.74, 6) is 0. The van der Waals surface area contributed by atoms with Crippen LogP contribution in [0.5, 0.6) is 0 Å². The molecule has 0 aliphatic rings. The number of aromatic nitrogens is 2. The fraction of sp³-hybridized carbons (Fsp3) is 0. The van der Waals surface area contributed by atoms with Gasteiger partial charge in [0.15, 0.2) is 0 Å². The lowest BCUT2D eigenvalue weighted by molar-refractivity contribution is 1.26. The summed E-state index contributed by atoms with van der Waals surface area (Å²) in [4.78, 5) is 8.15. The summed E-state index contributed by atoms with van der Waals surface area (Å²) >= 11 is 9.32. The molecule has 4 heteroatoms. The molecule has 0 aliphatic heterocycles. The smallest absolute Gasteiger partial charge is 0.107 e. The molecule has 2 aromatic rings. The van der Waals surface area contributed by atoms with Crippen molar-refractivity contribution in [3.63, 3.8) is 0 Å². The first kappa shape index (κ1) is 9.62. The zero-order chi connectivity index (χ0) is 9.97. The van der Waals surface area contributed by atoms with Gasteiger partial charge in [0.25, 0.3) is 0 Å². The highest BCUT2D eigenvalue weighted by molar-refractivity contribution is 9.10. The highest BCUT2D eigenvalue weighted by Gasteiger charge is 2.03. The molecule has 0 aliphatic carbocycles. The van der Waals surface area contributed by atoms with E-state index in [1.807, 2.05) is 12.1 Å². The summed E-state index contributed by atoms with van der Waals surface area (Å²) in [6.45, 7) is 0. The Kier molecular flexibility index (Phi) is 2.79. The largest absolute Gasteiger partial charge is 0.264 e. The van der Waals surface area contributed by atoms with Crippen LogP contribution in [0.2, 0.25) is 5.02 Å². The Morgan fingerprint density at radius 1 is 1.29 bits per heavy atom. The Balaban J connectivity index is 2.53. The molecular formula is C10H6BrClN2. The van der Waals surface area contributed by atoms with Gasteiger partial charge in [0.05, 0.1) is 5.02 Å². The van der Waals surface area contributed by atoms with Gasteiger partial charge >= 0.3 is 0 Å². The highest BCUT2D eigenvalue weighted by atomic mass is 79.9. The molecule has 0 spiro atoms. The SMILES string of the molecule is Clc1cc(Br)ncc1-c1cccnc1. The third-order valence-corrected chi connectivity index (χ3v) is 2.54. The van der Waals surface area contributed by atoms with E-state index in [0.29, 0.717) is 5.02 Å². The molecule has 0 aromatic carbocycles. The maximum atomic E-state index is 6.07. The number of nitrogens with zero attached hydrogens (tertiary/aromatic N) is 2. The highest BCUT2D eigenvalue weighted by Crippen LogP contribution is 2.27. The number of hydrogen-bond donors (Lipinski definition) is 0. The summed E-state index contributed by atoms with van der Waals surface area (Å²) < 4.78 is 0.732. The fourth-order valence-electron chi connectivity index (χ4n) is 1.14. The van der Waals surface area contributed by atoms with E-state index in [1.54, 1.807) is 24.7 Å². The first-order valence-electron chi connectivity index (χ1n) is 3.99. The molecule has 0 fully saturated rings. The Morgan fingerprint density at radius 2 is 2.14 bits per heavy atom. The maximum Gasteiger partial charge on any atom is 0.107 e. The first-order valence-corrected chi connectivity index (χ1v) is 5.16. The van der Waals surface area contributed by atoms with Gasteiger partial charge in [-0.25, -0.2) is 4.98 Å². The van der Waals surface area contributed by atoms with Gasteiger partial charge in [-0.1, -0.05) is 17.7 Å². The zero-order valence-electron chi connectivity index (χ0n) is 7.11. The van der Waals surface area contributed by atoms with Crippen molar-refractivity contribution in [1.82, 2.24) is 9.97 Å². The van der Waals surface area contributed by atoms with Crippen LogP contribution in [0, 0.1) is 0 Å². The van der Waals surface area contributed by atoms with Crippen LogP contribution in [0.1, 0.15) is 0 Å². The standard InChI is InChI=1S/C10H6BrClN2/c11-10-4-9(12)8(6-14-10)7-2-1-3-13-5-7/h1-6H. The van der Waals surface area contributed by atoms with Crippen LogP contribution >= 0.6 is 27.5 Å². The number of halogens is 2. The Hall–Kier alpha value is -0.930. The van der Waals surface area contributed by atoms with Crippen LogP contribution < -0.4 is 0 Å². The lowest BCUT2D eigenvalue weighted by Gasteiger charge is -2.02. The van der Waals surface area contributed by atoms with Crippen molar-refractivity contribution < 1.29 is 0 Å². The van der Waals surface area contributed by atoms with Crippen molar-refractivity contribution in [2.45, 2.75) is 0 Å². The van der Waals surface area contributed by atoms with Gasteiger partial charge in [-0.15, -0.1) is 0 Å². The maximum absolute atomic E-state index is 6.07. The molecule has 0 saturated heterocycles. The quantitative estimate of drug-likeness (QED) is 0.740. The molecule has 0 saturated carbocycles. The zero-order valence-corrected chi connectivity index (χ0v) is 9.46. The second-order valence-corrected chi connectivity index (χ2v) is 3.95. The molecule has 2 heterocycles. The summed E-state index contributed by atoms with van der Waals surface area (Å²) in [5, 5.41) is 0.667. The minimum absolute atomic E-state index is 0.667. The molecule has 0 atom stereocenters. The first-order chi connectivity index (χ1) is 6.77. The lowest BCUT2D eigenvalue weighted by Crippen LogP contribution is -1.83. The minimum atomic E-state index is 0.667. The van der Waals surface area contributed by atoms with Gasteiger partial charge in [0, 0.05) is 29.7 Å². The van der Waals surface area contributed by atoms with Gasteiger partial charge in [-0.2, -0.15) is 0 Å². The average molecular weight is 270 g/mol. The molecule has 0 bridgehead atoms. The van der Waals surface area contributed by atoms with E-state index in [9.17, 15) is 0 Å². The molecular weight excluding hydrogens is 263 g/mol. The number of pyridine rings is 2. The Morgan fingerprint density at radius 3 is 2.79 bits per heavy atom. The molecule has 2 aromatic heterocycles. The third kappa shape index (κ3) is 1.94. The Labute approximate surface area is 95.1 Å². The molecule has 70 valence electrons. The molecule has 0 unspecified atom stereocenters. The van der Waals surface area contributed by atoms with Crippen LogP contribution in [0.25, 0.3) is 11.1 Å². The average Bonchev–Trinajstić information content (AvgIpc) is 2.19. The predicted octanol–water partition coefficient (Wildman–Crippen LogP) is 3.56. The van der Waals surface area contributed by atoms with Gasteiger partial charge in [0.1, 0.15) is 4.60 Å². The Bertz CT molecular complexity index is 445. The predicted molar refractivity (Wildman–Crippen MR) is 60.2 cm³/mol. The van der Waals surface area contributed by atoms with Crippen LogP contribution in [-0.4, -0.2) is 9.97 Å². The fourth-order valence-corrected chi connectivity index (χ4v) is 1.87. The van der Waals surface area contributed by atoms with E-state index in [2.05, 4.69) is 25.9 Å². The molecule has 0 amide bonds. The van der Waals surface area contributed by atoms with Gasteiger partial charge in [-0.05, 0) is 28.1 Å². The summed E-state index contributed by atoms with van der Waals surface area (Å²) in [7, 11) is 0. The summed E-state index contributed by atoms with van der Waals surface area (Å²) in [5.41, 5.74) is 1.86. The summed E-state index contributed by atoms with van der Waals surface area (Å²) in [6, 6.07) is 5.58. The molecule has 2 nitrogen and oxygen atoms in total. The molecule has 14 heavy (non-hydrogen) atoms. The van der Waals surface area contributed by atoms with Gasteiger partial charge in [0.2, 0.25) is 0 Å². The minimum Gasteiger partial charge on any atom is -0.264 e. The summed E-state index contributed by atoms with van der Waals surface area (Å²) in [6.07, 6.45) is 5.21. The second-order valence-electron chi connectivity index (χ2n) is 2.73. The van der Waals surface area contributed by atoms with Crippen molar-refractivity contribution in [3.8, 4) is 11.1 Å². The van der Waals surface area contributed by atoms with Crippen LogP contribution in [0.15, 0.2) is 41.4 Å². The van der Waals surface area contributed by atoms with E-state index in [0.717, 1.165) is 15.7 Å². The van der Waals surface area contributed by atoms with Crippen molar-refractivity contribution in [2.24, 2.45) is 0 Å². The number of hydrogen-bond acceptors (Lipinski definition) is 2. The van der Waals surface area contributed by atoms with E-state index >= 15 is 0 Å². The molecule has 2 rings (SSSR count). The molecule has 0 radical (unpaired) electrons. The number of rotatable bonds is 1. The normalized spacial score (nSPS) is 10.1. The third-order valence-electron chi connectivity index (χ3n) is 1.79. The van der Waals surface area contributed by atoms with E-state index < -0.39 is 0 Å².